The lowest BCUT2D eigenvalue weighted by atomic mass is 9.80. The first-order valence-corrected chi connectivity index (χ1v) is 17.7. The predicted molar refractivity (Wildman–Crippen MR) is 187 cm³/mol. The summed E-state index contributed by atoms with van der Waals surface area (Å²) in [5.74, 6) is -6.79. The Labute approximate surface area is 300 Å². The Balaban J connectivity index is 2.66. The summed E-state index contributed by atoms with van der Waals surface area (Å²) in [5, 5.41) is 36.1. The van der Waals surface area contributed by atoms with Gasteiger partial charge in [-0.1, -0.05) is 47.6 Å². The average Bonchev–Trinajstić information content (AvgIpc) is 3.04. The van der Waals surface area contributed by atoms with Crippen molar-refractivity contribution in [3.05, 3.63) is 23.8 Å². The topological polar surface area (TPSA) is 221 Å². The number of aliphatic hydroxyl groups is 2. The number of carbonyl (C=O) groups is 5. The maximum atomic E-state index is 13.7. The Morgan fingerprint density at radius 3 is 2.12 bits per heavy atom. The molecule has 1 aromatic rings. The monoisotopic (exact) mass is 722 g/mol. The number of phenolic OH excluding ortho intramolecular Hbond substituents is 1. The van der Waals surface area contributed by atoms with Crippen LogP contribution < -0.4 is 11.1 Å². The van der Waals surface area contributed by atoms with Gasteiger partial charge in [-0.3, -0.25) is 14.4 Å². The minimum absolute atomic E-state index is 0.0366. The SMILES string of the molecule is CC[C@H](C)C1OC(=O)C(C)OC(O)C(CC(=O)c2cccc(N)c2O)[C@@H](C)OC(=O)C(CC(C)C)OC(=O)C(C)(C)C(O)[C@@H](CC(C)C)NC1=O. The number of aliphatic hydroxyl groups excluding tert-OH is 2. The second kappa shape index (κ2) is 18.7. The molecule has 1 aromatic carbocycles. The molecule has 0 spiro atoms. The van der Waals surface area contributed by atoms with Crippen LogP contribution in [0.2, 0.25) is 0 Å². The Morgan fingerprint density at radius 1 is 0.941 bits per heavy atom. The van der Waals surface area contributed by atoms with Crippen molar-refractivity contribution in [2.24, 2.45) is 29.1 Å². The van der Waals surface area contributed by atoms with Crippen LogP contribution in [0, 0.1) is 29.1 Å². The minimum Gasteiger partial charge on any atom is -0.505 e. The third-order valence-corrected chi connectivity index (χ3v) is 9.30. The number of amides is 1. The van der Waals surface area contributed by atoms with E-state index in [0.29, 0.717) is 6.42 Å². The first-order valence-electron chi connectivity index (χ1n) is 17.7. The number of benzene rings is 1. The van der Waals surface area contributed by atoms with Gasteiger partial charge in [0, 0.05) is 12.3 Å². The van der Waals surface area contributed by atoms with E-state index in [4.69, 9.17) is 24.7 Å². The second-order valence-electron chi connectivity index (χ2n) is 15.0. The number of nitrogens with two attached hydrogens (primary N) is 1. The summed E-state index contributed by atoms with van der Waals surface area (Å²) < 4.78 is 22.7. The van der Waals surface area contributed by atoms with Gasteiger partial charge < -0.3 is 45.3 Å². The molecule has 9 atom stereocenters. The smallest absolute Gasteiger partial charge is 0.347 e. The number of anilines is 1. The van der Waals surface area contributed by atoms with Crippen molar-refractivity contribution in [2.75, 3.05) is 5.73 Å². The molecule has 1 amide bonds. The van der Waals surface area contributed by atoms with Crippen LogP contribution in [0.15, 0.2) is 18.2 Å². The van der Waals surface area contributed by atoms with E-state index >= 15 is 0 Å². The van der Waals surface area contributed by atoms with Crippen molar-refractivity contribution in [1.82, 2.24) is 5.32 Å². The molecule has 2 rings (SSSR count). The van der Waals surface area contributed by atoms with Crippen LogP contribution in [-0.2, 0) is 38.1 Å². The van der Waals surface area contributed by atoms with Gasteiger partial charge in [0.1, 0.15) is 11.9 Å². The number of nitrogens with one attached hydrogen (secondary N) is 1. The van der Waals surface area contributed by atoms with Crippen LogP contribution in [0.4, 0.5) is 5.69 Å². The van der Waals surface area contributed by atoms with Gasteiger partial charge in [0.05, 0.1) is 34.7 Å². The Kier molecular flexibility index (Phi) is 15.9. The molecular formula is C37H58N2O12. The number of nitrogen functional groups attached to an aromatic ring is 1. The highest BCUT2D eigenvalue weighted by Crippen LogP contribution is 2.32. The largest absolute Gasteiger partial charge is 0.505 e. The lowest BCUT2D eigenvalue weighted by molar-refractivity contribution is -0.209. The molecular weight excluding hydrogens is 664 g/mol. The number of phenols is 1. The summed E-state index contributed by atoms with van der Waals surface area (Å²) >= 11 is 0. The van der Waals surface area contributed by atoms with Crippen molar-refractivity contribution < 1.29 is 58.2 Å². The highest BCUT2D eigenvalue weighted by atomic mass is 16.6. The standard InChI is InChI=1S/C37H58N2O12/c1-11-20(6)30-32(43)39-26(15-18(2)3)31(42)37(9,10)36(47)50-28(16-19(4)5)35(46)48-21(7)24(34(45)49-22(8)33(44)51-30)17-27(40)23-13-12-14-25(38)29(23)41/h12-14,18-22,24,26,28,30-31,34,41-42,45H,11,15-17,38H2,1-10H3,(H,39,43)/t20-,21+,22?,24?,26+,28?,30?,31?,34?/m0/s1. The minimum atomic E-state index is -1.91. The van der Waals surface area contributed by atoms with Crippen LogP contribution in [0.3, 0.4) is 0 Å². The molecule has 0 radical (unpaired) electrons. The van der Waals surface area contributed by atoms with Gasteiger partial charge in [-0.05, 0) is 70.9 Å². The molecule has 288 valence electrons. The number of rotatable bonds is 9. The zero-order valence-electron chi connectivity index (χ0n) is 31.5. The maximum absolute atomic E-state index is 13.7. The van der Waals surface area contributed by atoms with Crippen molar-refractivity contribution in [2.45, 2.75) is 138 Å². The van der Waals surface area contributed by atoms with Crippen LogP contribution in [0.1, 0.15) is 105 Å². The molecule has 14 nitrogen and oxygen atoms in total. The number of cyclic esters (lactones) is 3. The van der Waals surface area contributed by atoms with Gasteiger partial charge in [0.2, 0.25) is 0 Å². The predicted octanol–water partition coefficient (Wildman–Crippen LogP) is 3.67. The Morgan fingerprint density at radius 2 is 1.55 bits per heavy atom. The highest BCUT2D eigenvalue weighted by Gasteiger charge is 2.46. The highest BCUT2D eigenvalue weighted by molar-refractivity contribution is 6.00. The molecule has 1 heterocycles. The number of hydrogen-bond donors (Lipinski definition) is 5. The summed E-state index contributed by atoms with van der Waals surface area (Å²) in [4.78, 5) is 67.9. The number of ether oxygens (including phenoxy) is 4. The normalized spacial score (nSPS) is 29.3. The number of esters is 3. The molecule has 1 saturated heterocycles. The fourth-order valence-electron chi connectivity index (χ4n) is 5.75. The van der Waals surface area contributed by atoms with Gasteiger partial charge >= 0.3 is 17.9 Å². The van der Waals surface area contributed by atoms with E-state index in [2.05, 4.69) is 5.32 Å². The quantitative estimate of drug-likeness (QED) is 0.0809. The second-order valence-corrected chi connectivity index (χ2v) is 15.0. The van der Waals surface area contributed by atoms with Crippen LogP contribution in [-0.4, -0.2) is 87.8 Å². The van der Waals surface area contributed by atoms with Crippen LogP contribution >= 0.6 is 0 Å². The summed E-state index contributed by atoms with van der Waals surface area (Å²) in [6.45, 7) is 16.4. The third kappa shape index (κ3) is 11.6. The summed E-state index contributed by atoms with van der Waals surface area (Å²) in [6, 6.07) is 3.21. The van der Waals surface area contributed by atoms with Crippen molar-refractivity contribution >= 4 is 35.3 Å². The lowest BCUT2D eigenvalue weighted by Crippen LogP contribution is -2.56. The molecule has 6 unspecified atom stereocenters. The fourth-order valence-corrected chi connectivity index (χ4v) is 5.75. The van der Waals surface area contributed by atoms with E-state index in [9.17, 15) is 39.3 Å². The van der Waals surface area contributed by atoms with E-state index < -0.39 is 102 Å². The van der Waals surface area contributed by atoms with Crippen molar-refractivity contribution in [3.63, 3.8) is 0 Å². The number of para-hydroxylation sites is 1. The molecule has 1 aliphatic heterocycles. The zero-order chi connectivity index (χ0) is 39.0. The molecule has 0 bridgehead atoms. The molecule has 0 aliphatic carbocycles. The third-order valence-electron chi connectivity index (χ3n) is 9.30. The Bertz CT molecular complexity index is 1380. The maximum Gasteiger partial charge on any atom is 0.347 e. The van der Waals surface area contributed by atoms with Gasteiger partial charge in [-0.2, -0.15) is 0 Å². The van der Waals surface area contributed by atoms with E-state index in [1.165, 1.54) is 45.9 Å². The molecule has 0 aromatic heterocycles. The number of hydrogen-bond acceptors (Lipinski definition) is 13. The average molecular weight is 723 g/mol. The van der Waals surface area contributed by atoms with Gasteiger partial charge in [0.15, 0.2) is 30.4 Å². The summed E-state index contributed by atoms with van der Waals surface area (Å²) in [6.07, 6.45) is -8.75. The molecule has 14 heteroatoms. The molecule has 0 saturated carbocycles. The summed E-state index contributed by atoms with van der Waals surface area (Å²) in [7, 11) is 0. The Hall–Kier alpha value is -3.75. The van der Waals surface area contributed by atoms with E-state index in [1.54, 1.807) is 27.7 Å². The van der Waals surface area contributed by atoms with E-state index in [0.717, 1.165) is 0 Å². The van der Waals surface area contributed by atoms with Crippen LogP contribution in [0.5, 0.6) is 5.75 Å². The number of carbonyl (C=O) groups excluding carboxylic acids is 5. The number of ketones is 1. The number of aromatic hydroxyl groups is 1. The molecule has 1 aliphatic rings. The molecule has 51 heavy (non-hydrogen) atoms. The molecule has 1 fully saturated rings. The van der Waals surface area contributed by atoms with Gasteiger partial charge in [-0.25, -0.2) is 9.59 Å². The fraction of sp³-hybridized carbons (Fsp3) is 0.703. The zero-order valence-corrected chi connectivity index (χ0v) is 31.5. The van der Waals surface area contributed by atoms with Gasteiger partial charge in [0.25, 0.3) is 5.91 Å². The van der Waals surface area contributed by atoms with Gasteiger partial charge in [-0.15, -0.1) is 0 Å². The van der Waals surface area contributed by atoms with E-state index in [1.807, 2.05) is 13.8 Å². The first kappa shape index (κ1) is 43.4. The first-order chi connectivity index (χ1) is 23.6. The van der Waals surface area contributed by atoms with E-state index in [-0.39, 0.29) is 35.9 Å². The number of Topliss-reactive ketones (excluding diaryl/α,β-unsaturated/α-hetero) is 1. The van der Waals surface area contributed by atoms with Crippen molar-refractivity contribution in [3.8, 4) is 5.75 Å². The molecule has 6 N–H and O–H groups in total. The van der Waals surface area contributed by atoms with Crippen molar-refractivity contribution in [1.29, 1.82) is 0 Å². The lowest BCUT2D eigenvalue weighted by Gasteiger charge is -2.37. The van der Waals surface area contributed by atoms with Crippen LogP contribution in [0.25, 0.3) is 0 Å². The summed E-state index contributed by atoms with van der Waals surface area (Å²) in [5.41, 5.74) is 3.92.